The summed E-state index contributed by atoms with van der Waals surface area (Å²) in [5, 5.41) is 0. The maximum Gasteiger partial charge on any atom is 0.129 e. The third-order valence-electron chi connectivity index (χ3n) is 2.58. The van der Waals surface area contributed by atoms with E-state index in [1.54, 1.807) is 0 Å². The molecule has 0 saturated carbocycles. The van der Waals surface area contributed by atoms with Crippen molar-refractivity contribution in [1.82, 2.24) is 0 Å². The molecule has 1 heterocycles. The van der Waals surface area contributed by atoms with Gasteiger partial charge >= 0.3 is 0 Å². The van der Waals surface area contributed by atoms with Gasteiger partial charge < -0.3 is 9.53 Å². The van der Waals surface area contributed by atoms with Crippen LogP contribution in [0, 0.1) is 11.3 Å². The summed E-state index contributed by atoms with van der Waals surface area (Å²) in [4.78, 5) is 10.8. The first-order chi connectivity index (χ1) is 5.25. The van der Waals surface area contributed by atoms with Crippen molar-refractivity contribution in [2.75, 3.05) is 13.2 Å². The molecule has 0 aliphatic carbocycles. The summed E-state index contributed by atoms with van der Waals surface area (Å²) in [7, 11) is 0. The van der Waals surface area contributed by atoms with Crippen LogP contribution in [0.25, 0.3) is 0 Å². The summed E-state index contributed by atoms with van der Waals surface area (Å²) in [6.45, 7) is 6.96. The monoisotopic (exact) mass is 154 g/mol. The van der Waals surface area contributed by atoms with Gasteiger partial charge in [-0.15, -0.1) is 6.58 Å². The van der Waals surface area contributed by atoms with Gasteiger partial charge in [0, 0.05) is 6.61 Å². The van der Waals surface area contributed by atoms with Gasteiger partial charge in [0.2, 0.25) is 0 Å². The van der Waals surface area contributed by atoms with Crippen molar-refractivity contribution in [2.24, 2.45) is 11.3 Å². The Bertz CT molecular complexity index is 157. The normalized spacial score (nSPS) is 33.2. The Morgan fingerprint density at radius 3 is 2.82 bits per heavy atom. The Balaban J connectivity index is 2.73. The Hall–Kier alpha value is -0.630. The molecule has 2 heteroatoms. The molecule has 1 fully saturated rings. The highest BCUT2D eigenvalue weighted by Gasteiger charge is 2.38. The first-order valence-electron chi connectivity index (χ1n) is 3.92. The van der Waals surface area contributed by atoms with Crippen molar-refractivity contribution in [2.45, 2.75) is 13.3 Å². The zero-order chi connectivity index (χ0) is 8.32. The molecule has 2 atom stereocenters. The molecule has 0 amide bonds. The molecule has 0 aromatic rings. The van der Waals surface area contributed by atoms with Gasteiger partial charge in [-0.2, -0.15) is 0 Å². The first-order valence-corrected chi connectivity index (χ1v) is 3.92. The number of rotatable bonds is 3. The van der Waals surface area contributed by atoms with Crippen LogP contribution in [0.15, 0.2) is 12.7 Å². The van der Waals surface area contributed by atoms with E-state index < -0.39 is 0 Å². The van der Waals surface area contributed by atoms with Crippen LogP contribution in [0.1, 0.15) is 13.3 Å². The standard InChI is InChI=1S/C9H14O2/c1-3-8(2)9(6-10)4-5-11-7-9/h3,6,8H,1,4-5,7H2,2H3. The average molecular weight is 154 g/mol. The molecule has 1 rings (SSSR count). The quantitative estimate of drug-likeness (QED) is 0.454. The predicted octanol–water partition coefficient (Wildman–Crippen LogP) is 1.41. The second kappa shape index (κ2) is 3.18. The number of ether oxygens (including phenoxy) is 1. The fourth-order valence-corrected chi connectivity index (χ4v) is 1.39. The lowest BCUT2D eigenvalue weighted by Crippen LogP contribution is -2.29. The van der Waals surface area contributed by atoms with E-state index in [4.69, 9.17) is 4.74 Å². The fourth-order valence-electron chi connectivity index (χ4n) is 1.39. The van der Waals surface area contributed by atoms with E-state index in [-0.39, 0.29) is 11.3 Å². The lowest BCUT2D eigenvalue weighted by molar-refractivity contribution is -0.117. The minimum Gasteiger partial charge on any atom is -0.380 e. The van der Waals surface area contributed by atoms with Crippen molar-refractivity contribution < 1.29 is 9.53 Å². The first kappa shape index (κ1) is 8.47. The Kier molecular flexibility index (Phi) is 2.45. The molecule has 62 valence electrons. The van der Waals surface area contributed by atoms with E-state index in [1.165, 1.54) is 0 Å². The van der Waals surface area contributed by atoms with E-state index in [1.807, 2.05) is 13.0 Å². The summed E-state index contributed by atoms with van der Waals surface area (Å²) in [6.07, 6.45) is 3.68. The van der Waals surface area contributed by atoms with Crippen molar-refractivity contribution in [3.63, 3.8) is 0 Å². The highest BCUT2D eigenvalue weighted by Crippen LogP contribution is 2.34. The third-order valence-corrected chi connectivity index (χ3v) is 2.58. The number of aldehydes is 1. The molecule has 0 radical (unpaired) electrons. The van der Waals surface area contributed by atoms with Gasteiger partial charge in [0.15, 0.2) is 0 Å². The summed E-state index contributed by atoms with van der Waals surface area (Å²) in [6, 6.07) is 0. The van der Waals surface area contributed by atoms with Crippen LogP contribution < -0.4 is 0 Å². The van der Waals surface area contributed by atoms with Gasteiger partial charge in [-0.3, -0.25) is 0 Å². The van der Waals surface area contributed by atoms with E-state index in [9.17, 15) is 4.79 Å². The molecule has 0 aromatic heterocycles. The lowest BCUT2D eigenvalue weighted by Gasteiger charge is -2.24. The van der Waals surface area contributed by atoms with Crippen molar-refractivity contribution >= 4 is 6.29 Å². The molecule has 2 nitrogen and oxygen atoms in total. The van der Waals surface area contributed by atoms with Gasteiger partial charge in [0.25, 0.3) is 0 Å². The Labute approximate surface area is 67.2 Å². The SMILES string of the molecule is C=CC(C)C1(C=O)CCOC1. The highest BCUT2D eigenvalue weighted by molar-refractivity contribution is 5.61. The van der Waals surface area contributed by atoms with Crippen molar-refractivity contribution in [3.8, 4) is 0 Å². The Morgan fingerprint density at radius 1 is 1.73 bits per heavy atom. The minimum atomic E-state index is -0.276. The number of hydrogen-bond acceptors (Lipinski definition) is 2. The van der Waals surface area contributed by atoms with Crippen LogP contribution in [0.4, 0.5) is 0 Å². The van der Waals surface area contributed by atoms with Crippen LogP contribution in [0.5, 0.6) is 0 Å². The average Bonchev–Trinajstić information content (AvgIpc) is 2.52. The second-order valence-corrected chi connectivity index (χ2v) is 3.18. The largest absolute Gasteiger partial charge is 0.380 e. The fraction of sp³-hybridized carbons (Fsp3) is 0.667. The van der Waals surface area contributed by atoms with Gasteiger partial charge in [0.1, 0.15) is 6.29 Å². The molecule has 0 spiro atoms. The smallest absolute Gasteiger partial charge is 0.129 e. The van der Waals surface area contributed by atoms with E-state index in [2.05, 4.69) is 6.58 Å². The molecular formula is C9H14O2. The molecule has 0 aromatic carbocycles. The Morgan fingerprint density at radius 2 is 2.45 bits per heavy atom. The number of allylic oxidation sites excluding steroid dienone is 1. The van der Waals surface area contributed by atoms with Crippen molar-refractivity contribution in [1.29, 1.82) is 0 Å². The van der Waals surface area contributed by atoms with Crippen LogP contribution in [0.2, 0.25) is 0 Å². The zero-order valence-corrected chi connectivity index (χ0v) is 6.88. The van der Waals surface area contributed by atoms with Crippen LogP contribution >= 0.6 is 0 Å². The summed E-state index contributed by atoms with van der Waals surface area (Å²) in [5.41, 5.74) is -0.276. The van der Waals surface area contributed by atoms with Gasteiger partial charge in [-0.1, -0.05) is 13.0 Å². The third kappa shape index (κ3) is 1.36. The number of carbonyl (C=O) groups excluding carboxylic acids is 1. The van der Waals surface area contributed by atoms with Crippen LogP contribution in [-0.4, -0.2) is 19.5 Å². The second-order valence-electron chi connectivity index (χ2n) is 3.18. The minimum absolute atomic E-state index is 0.225. The molecule has 11 heavy (non-hydrogen) atoms. The van der Waals surface area contributed by atoms with Gasteiger partial charge in [-0.25, -0.2) is 0 Å². The molecule has 2 unspecified atom stereocenters. The van der Waals surface area contributed by atoms with E-state index in [0.29, 0.717) is 13.2 Å². The van der Waals surface area contributed by atoms with E-state index >= 15 is 0 Å². The molecule has 1 saturated heterocycles. The van der Waals surface area contributed by atoms with Crippen LogP contribution in [-0.2, 0) is 9.53 Å². The maximum atomic E-state index is 10.8. The lowest BCUT2D eigenvalue weighted by atomic mass is 9.77. The van der Waals surface area contributed by atoms with Crippen LogP contribution in [0.3, 0.4) is 0 Å². The zero-order valence-electron chi connectivity index (χ0n) is 6.88. The maximum absolute atomic E-state index is 10.8. The summed E-state index contributed by atoms with van der Waals surface area (Å²) < 4.78 is 5.20. The van der Waals surface area contributed by atoms with E-state index in [0.717, 1.165) is 12.7 Å². The predicted molar refractivity (Wildman–Crippen MR) is 43.3 cm³/mol. The molecule has 0 N–H and O–H groups in total. The number of carbonyl (C=O) groups is 1. The van der Waals surface area contributed by atoms with Gasteiger partial charge in [-0.05, 0) is 12.3 Å². The topological polar surface area (TPSA) is 26.3 Å². The summed E-state index contributed by atoms with van der Waals surface area (Å²) in [5.74, 6) is 0.225. The summed E-state index contributed by atoms with van der Waals surface area (Å²) >= 11 is 0. The highest BCUT2D eigenvalue weighted by atomic mass is 16.5. The number of hydrogen-bond donors (Lipinski definition) is 0. The van der Waals surface area contributed by atoms with Gasteiger partial charge in [0.05, 0.1) is 12.0 Å². The van der Waals surface area contributed by atoms with Crippen molar-refractivity contribution in [3.05, 3.63) is 12.7 Å². The molecule has 1 aliphatic heterocycles. The molecule has 0 bridgehead atoms. The molecular weight excluding hydrogens is 140 g/mol. The molecule has 1 aliphatic rings.